The largest absolute Gasteiger partial charge is 0.493 e. The molecule has 0 unspecified atom stereocenters. The number of methoxy groups -OCH3 is 4. The topological polar surface area (TPSA) is 142 Å². The van der Waals surface area contributed by atoms with Gasteiger partial charge in [-0.15, -0.1) is 0 Å². The molecule has 13 heteroatoms. The lowest BCUT2D eigenvalue weighted by Gasteiger charge is -2.31. The average molecular weight is 607 g/mol. The van der Waals surface area contributed by atoms with E-state index in [0.29, 0.717) is 10.4 Å². The molecule has 0 aliphatic rings. The molecule has 0 aromatic heterocycles. The Morgan fingerprint density at radius 2 is 0.930 bits per heavy atom. The van der Waals surface area contributed by atoms with Gasteiger partial charge < -0.3 is 27.8 Å². The Bertz CT molecular complexity index is 1470. The zero-order valence-electron chi connectivity index (χ0n) is 24.0. The standard InChI is InChI=1S/C30H30N2O10Si/c1-37-25-17-15-21(27(31(33)34)29(25)39-3)19-41-43(23-11-7-5-8-12-23,24-13-9-6-10-14-24)42-20-22-16-18-26(38-2)30(40-4)28(22)32(35)36/h5-18H,19-20H2,1-4H3. The molecule has 4 aromatic carbocycles. The van der Waals surface area contributed by atoms with Gasteiger partial charge in [0.1, 0.15) is 0 Å². The summed E-state index contributed by atoms with van der Waals surface area (Å²) in [6, 6.07) is 24.5. The lowest BCUT2D eigenvalue weighted by atomic mass is 10.1. The molecule has 0 spiro atoms. The molecule has 0 fully saturated rings. The highest BCUT2D eigenvalue weighted by molar-refractivity contribution is 6.92. The van der Waals surface area contributed by atoms with Gasteiger partial charge in [0, 0.05) is 0 Å². The van der Waals surface area contributed by atoms with Crippen molar-refractivity contribution in [3.05, 3.63) is 116 Å². The van der Waals surface area contributed by atoms with E-state index in [2.05, 4.69) is 0 Å². The fourth-order valence-corrected chi connectivity index (χ4v) is 7.82. The third-order valence-electron chi connectivity index (χ3n) is 6.74. The predicted molar refractivity (Wildman–Crippen MR) is 160 cm³/mol. The lowest BCUT2D eigenvalue weighted by Crippen LogP contribution is -2.63. The van der Waals surface area contributed by atoms with Crippen LogP contribution in [0.2, 0.25) is 0 Å². The zero-order chi connectivity index (χ0) is 31.0. The zero-order valence-corrected chi connectivity index (χ0v) is 25.0. The molecule has 0 aliphatic heterocycles. The van der Waals surface area contributed by atoms with E-state index in [4.69, 9.17) is 27.8 Å². The number of hydrogen-bond acceptors (Lipinski definition) is 10. The number of rotatable bonds is 14. The molecule has 0 saturated carbocycles. The van der Waals surface area contributed by atoms with Gasteiger partial charge in [0.05, 0.1) is 62.6 Å². The van der Waals surface area contributed by atoms with Crippen molar-refractivity contribution in [1.29, 1.82) is 0 Å². The number of ether oxygens (including phenoxy) is 4. The van der Waals surface area contributed by atoms with Gasteiger partial charge >= 0.3 is 19.9 Å². The summed E-state index contributed by atoms with van der Waals surface area (Å²) in [5.74, 6) is 0.318. The molecule has 12 nitrogen and oxygen atoms in total. The first-order chi connectivity index (χ1) is 20.8. The second-order valence-electron chi connectivity index (χ2n) is 9.06. The summed E-state index contributed by atoms with van der Waals surface area (Å²) in [6.07, 6.45) is 0. The Morgan fingerprint density at radius 1 is 0.558 bits per heavy atom. The summed E-state index contributed by atoms with van der Waals surface area (Å²) in [4.78, 5) is 23.2. The third kappa shape index (κ3) is 6.28. The van der Waals surface area contributed by atoms with Gasteiger partial charge in [-0.1, -0.05) is 60.7 Å². The van der Waals surface area contributed by atoms with E-state index in [9.17, 15) is 20.2 Å². The van der Waals surface area contributed by atoms with E-state index >= 15 is 0 Å². The van der Waals surface area contributed by atoms with Crippen LogP contribution in [0.3, 0.4) is 0 Å². The van der Waals surface area contributed by atoms with Gasteiger partial charge in [-0.2, -0.15) is 0 Å². The molecule has 0 aliphatic carbocycles. The molecule has 0 atom stereocenters. The monoisotopic (exact) mass is 606 g/mol. The molecule has 0 saturated heterocycles. The Balaban J connectivity index is 1.86. The van der Waals surface area contributed by atoms with Crippen LogP contribution >= 0.6 is 0 Å². The second-order valence-corrected chi connectivity index (χ2v) is 12.0. The van der Waals surface area contributed by atoms with Gasteiger partial charge in [-0.25, -0.2) is 0 Å². The molecule has 0 heterocycles. The average Bonchev–Trinajstić information content (AvgIpc) is 3.04. The van der Waals surface area contributed by atoms with E-state index in [0.717, 1.165) is 0 Å². The van der Waals surface area contributed by atoms with E-state index in [1.54, 1.807) is 12.1 Å². The van der Waals surface area contributed by atoms with Crippen LogP contribution in [0.25, 0.3) is 0 Å². The van der Waals surface area contributed by atoms with Gasteiger partial charge in [0.2, 0.25) is 11.5 Å². The van der Waals surface area contributed by atoms with Crippen molar-refractivity contribution in [3.63, 3.8) is 0 Å². The summed E-state index contributed by atoms with van der Waals surface area (Å²) in [7, 11) is 1.71. The van der Waals surface area contributed by atoms with Gasteiger partial charge in [0.25, 0.3) is 0 Å². The van der Waals surface area contributed by atoms with Crippen molar-refractivity contribution in [2.75, 3.05) is 28.4 Å². The molecule has 4 aromatic rings. The van der Waals surface area contributed by atoms with Gasteiger partial charge in [-0.05, 0) is 34.6 Å². The van der Waals surface area contributed by atoms with Crippen LogP contribution in [-0.4, -0.2) is 46.8 Å². The van der Waals surface area contributed by atoms with Gasteiger partial charge in [-0.3, -0.25) is 20.2 Å². The fourth-order valence-electron chi connectivity index (χ4n) is 4.75. The molecular weight excluding hydrogens is 576 g/mol. The van der Waals surface area contributed by atoms with Gasteiger partial charge in [0.15, 0.2) is 11.5 Å². The first-order valence-electron chi connectivity index (χ1n) is 13.0. The lowest BCUT2D eigenvalue weighted by molar-refractivity contribution is -0.386. The van der Waals surface area contributed by atoms with Crippen LogP contribution in [0.15, 0.2) is 84.9 Å². The van der Waals surface area contributed by atoms with E-state index < -0.39 is 18.4 Å². The highest BCUT2D eigenvalue weighted by atomic mass is 28.4. The summed E-state index contributed by atoms with van der Waals surface area (Å²) < 4.78 is 34.5. The summed E-state index contributed by atoms with van der Waals surface area (Å²) in [5, 5.41) is 25.7. The summed E-state index contributed by atoms with van der Waals surface area (Å²) in [5.41, 5.74) is -0.151. The highest BCUT2D eigenvalue weighted by Gasteiger charge is 2.44. The molecular formula is C30H30N2O10Si. The Morgan fingerprint density at radius 3 is 1.23 bits per heavy atom. The second kappa shape index (κ2) is 13.8. The number of hydrogen-bond donors (Lipinski definition) is 0. The fraction of sp³-hybridized carbons (Fsp3) is 0.200. The van der Waals surface area contributed by atoms with Crippen molar-refractivity contribution in [1.82, 2.24) is 0 Å². The smallest absolute Gasteiger partial charge is 0.407 e. The molecule has 43 heavy (non-hydrogen) atoms. The molecule has 0 amide bonds. The Kier molecular flexibility index (Phi) is 9.93. The number of nitro groups is 2. The van der Waals surface area contributed by atoms with Crippen molar-refractivity contribution in [3.8, 4) is 23.0 Å². The quantitative estimate of drug-likeness (QED) is 0.114. The van der Waals surface area contributed by atoms with Crippen LogP contribution in [-0.2, 0) is 22.1 Å². The van der Waals surface area contributed by atoms with Crippen LogP contribution in [0, 0.1) is 20.2 Å². The number of nitrogens with zero attached hydrogens (tertiary/aromatic N) is 2. The maximum atomic E-state index is 12.2. The normalized spacial score (nSPS) is 11.1. The molecule has 0 bridgehead atoms. The SMILES string of the molecule is COc1ccc(CO[Si](OCc2ccc(OC)c(OC)c2[N+](=O)[O-])(c2ccccc2)c2ccccc2)c([N+](=O)[O-])c1OC. The number of benzene rings is 4. The molecule has 0 N–H and O–H groups in total. The van der Waals surface area contributed by atoms with E-state index in [1.807, 2.05) is 60.7 Å². The summed E-state index contributed by atoms with van der Waals surface area (Å²) in [6.45, 7) is -0.471. The molecule has 4 rings (SSSR count). The molecule has 0 radical (unpaired) electrons. The minimum atomic E-state index is -3.72. The Labute approximate surface area is 248 Å². The van der Waals surface area contributed by atoms with Crippen molar-refractivity contribution in [2.24, 2.45) is 0 Å². The van der Waals surface area contributed by atoms with Crippen LogP contribution < -0.4 is 29.3 Å². The maximum absolute atomic E-state index is 12.2. The third-order valence-corrected chi connectivity index (χ3v) is 10.0. The maximum Gasteiger partial charge on any atom is 0.407 e. The Hall–Kier alpha value is -4.98. The van der Waals surface area contributed by atoms with E-state index in [1.165, 1.54) is 40.6 Å². The first-order valence-corrected chi connectivity index (χ1v) is 14.8. The van der Waals surface area contributed by atoms with Crippen LogP contribution in [0.1, 0.15) is 11.1 Å². The first kappa shape index (κ1) is 31.0. The minimum Gasteiger partial charge on any atom is -0.493 e. The minimum absolute atomic E-state index is 0.0397. The number of nitro benzene ring substituents is 2. The van der Waals surface area contributed by atoms with Crippen LogP contribution in [0.4, 0.5) is 11.4 Å². The van der Waals surface area contributed by atoms with Crippen molar-refractivity contribution in [2.45, 2.75) is 13.2 Å². The molecule has 224 valence electrons. The highest BCUT2D eigenvalue weighted by Crippen LogP contribution is 2.41. The van der Waals surface area contributed by atoms with E-state index in [-0.39, 0.29) is 58.7 Å². The van der Waals surface area contributed by atoms with Crippen LogP contribution in [0.5, 0.6) is 23.0 Å². The van der Waals surface area contributed by atoms with Crippen molar-refractivity contribution >= 4 is 30.3 Å². The predicted octanol–water partition coefficient (Wildman–Crippen LogP) is 4.53. The summed E-state index contributed by atoms with van der Waals surface area (Å²) >= 11 is 0. The van der Waals surface area contributed by atoms with Crippen molar-refractivity contribution < 1.29 is 37.6 Å².